The number of benzene rings is 1. The lowest BCUT2D eigenvalue weighted by Gasteiger charge is -2.14. The molecule has 0 aliphatic rings. The minimum atomic E-state index is -0.302. The molecule has 0 aliphatic carbocycles. The molecule has 0 bridgehead atoms. The summed E-state index contributed by atoms with van der Waals surface area (Å²) in [6.45, 7) is 3.66. The number of anilines is 1. The highest BCUT2D eigenvalue weighted by Gasteiger charge is 2.14. The van der Waals surface area contributed by atoms with Crippen LogP contribution in [-0.2, 0) is 7.05 Å². The Hall–Kier alpha value is -3.06. The Balaban J connectivity index is 2.16. The van der Waals surface area contributed by atoms with Gasteiger partial charge in [0.05, 0.1) is 29.9 Å². The van der Waals surface area contributed by atoms with Crippen molar-refractivity contribution >= 4 is 22.4 Å². The molecule has 134 valence electrons. The maximum absolute atomic E-state index is 12.5. The van der Waals surface area contributed by atoms with Crippen LogP contribution in [0.3, 0.4) is 0 Å². The molecule has 0 aliphatic heterocycles. The molecule has 0 fully saturated rings. The third-order valence-electron chi connectivity index (χ3n) is 4.02. The lowest BCUT2D eigenvalue weighted by molar-refractivity contribution is 0.357. The topological polar surface area (TPSA) is 104 Å². The van der Waals surface area contributed by atoms with Crippen LogP contribution in [0.5, 0.6) is 0 Å². The van der Waals surface area contributed by atoms with Crippen LogP contribution in [0.2, 0.25) is 0 Å². The zero-order valence-electron chi connectivity index (χ0n) is 14.9. The van der Waals surface area contributed by atoms with Crippen molar-refractivity contribution < 1.29 is 5.11 Å². The second-order valence-electron chi connectivity index (χ2n) is 6.42. The van der Waals surface area contributed by atoms with E-state index in [1.165, 1.54) is 10.9 Å². The van der Waals surface area contributed by atoms with E-state index in [9.17, 15) is 4.79 Å². The highest BCUT2D eigenvalue weighted by atomic mass is 16.3. The minimum Gasteiger partial charge on any atom is -0.390 e. The fraction of sp³-hybridized carbons (Fsp3) is 0.263. The number of nitrogens with zero attached hydrogens (tertiary/aromatic N) is 3. The molecule has 3 aromatic rings. The van der Waals surface area contributed by atoms with Crippen LogP contribution in [0.4, 0.5) is 5.82 Å². The molecular formula is C19H21N5O2. The Morgan fingerprint density at radius 2 is 2.00 bits per heavy atom. The molecule has 0 saturated carbocycles. The standard InChI is InChI=1S/C19H21N5O2/c1-11(2)22-18-17-16(21-10-24(3)19(17)26)8-15(23-18)13-6-4-12(5-7-13)14(20)9-25/h4-8,10-11,20,25H,9H2,1-3H3,(H,22,23). The number of fused-ring (bicyclic) bond motifs is 1. The van der Waals surface area contributed by atoms with Crippen LogP contribution in [0.15, 0.2) is 41.5 Å². The molecular weight excluding hydrogens is 330 g/mol. The van der Waals surface area contributed by atoms with Gasteiger partial charge in [-0.25, -0.2) is 9.97 Å². The van der Waals surface area contributed by atoms with Gasteiger partial charge in [-0.15, -0.1) is 0 Å². The molecule has 1 aromatic carbocycles. The van der Waals surface area contributed by atoms with E-state index >= 15 is 0 Å². The average Bonchev–Trinajstić information content (AvgIpc) is 2.63. The first-order chi connectivity index (χ1) is 12.4. The van der Waals surface area contributed by atoms with E-state index in [0.29, 0.717) is 28.0 Å². The van der Waals surface area contributed by atoms with Gasteiger partial charge in [-0.2, -0.15) is 0 Å². The number of aryl methyl sites for hydroxylation is 1. The largest absolute Gasteiger partial charge is 0.390 e. The number of nitrogens with one attached hydrogen (secondary N) is 2. The number of hydrogen-bond acceptors (Lipinski definition) is 6. The fourth-order valence-corrected chi connectivity index (χ4v) is 2.68. The van der Waals surface area contributed by atoms with E-state index in [0.717, 1.165) is 5.56 Å². The maximum atomic E-state index is 12.5. The summed E-state index contributed by atoms with van der Waals surface area (Å²) in [5, 5.41) is 20.5. The van der Waals surface area contributed by atoms with Crippen molar-refractivity contribution in [3.63, 3.8) is 0 Å². The van der Waals surface area contributed by atoms with Crippen LogP contribution in [0.1, 0.15) is 19.4 Å². The Kier molecular flexibility index (Phi) is 4.81. The molecule has 0 spiro atoms. The van der Waals surface area contributed by atoms with Crippen LogP contribution in [0, 0.1) is 5.41 Å². The average molecular weight is 351 g/mol. The first-order valence-electron chi connectivity index (χ1n) is 8.32. The van der Waals surface area contributed by atoms with Gasteiger partial charge >= 0.3 is 0 Å². The molecule has 0 saturated heterocycles. The summed E-state index contributed by atoms with van der Waals surface area (Å²) in [6, 6.07) is 9.12. The zero-order chi connectivity index (χ0) is 18.8. The monoisotopic (exact) mass is 351 g/mol. The van der Waals surface area contributed by atoms with Gasteiger partial charge < -0.3 is 20.4 Å². The van der Waals surface area contributed by atoms with E-state index in [4.69, 9.17) is 10.5 Å². The Morgan fingerprint density at radius 3 is 2.62 bits per heavy atom. The highest BCUT2D eigenvalue weighted by Crippen LogP contribution is 2.25. The van der Waals surface area contributed by atoms with Crippen LogP contribution in [0.25, 0.3) is 22.2 Å². The van der Waals surface area contributed by atoms with E-state index in [2.05, 4.69) is 15.3 Å². The third kappa shape index (κ3) is 3.34. The van der Waals surface area contributed by atoms with E-state index < -0.39 is 0 Å². The van der Waals surface area contributed by atoms with Crippen LogP contribution in [-0.4, -0.2) is 38.0 Å². The summed E-state index contributed by atoms with van der Waals surface area (Å²) in [4.78, 5) is 21.5. The van der Waals surface area contributed by atoms with E-state index in [1.807, 2.05) is 26.0 Å². The summed E-state index contributed by atoms with van der Waals surface area (Å²) in [5.41, 5.74) is 2.77. The lowest BCUT2D eigenvalue weighted by Crippen LogP contribution is -2.21. The first kappa shape index (κ1) is 17.8. The Labute approximate surface area is 150 Å². The van der Waals surface area contributed by atoms with Crippen molar-refractivity contribution in [2.24, 2.45) is 7.05 Å². The quantitative estimate of drug-likeness (QED) is 0.611. The normalized spacial score (nSPS) is 11.1. The number of pyridine rings is 1. The van der Waals surface area contributed by atoms with Crippen molar-refractivity contribution in [1.29, 1.82) is 5.41 Å². The molecule has 3 rings (SSSR count). The van der Waals surface area contributed by atoms with Gasteiger partial charge in [0.15, 0.2) is 0 Å². The molecule has 0 amide bonds. The molecule has 7 heteroatoms. The number of hydrogen-bond donors (Lipinski definition) is 3. The number of aliphatic hydroxyl groups is 1. The first-order valence-corrected chi connectivity index (χ1v) is 8.32. The smallest absolute Gasteiger partial charge is 0.264 e. The predicted octanol–water partition coefficient (Wildman–Crippen LogP) is 2.18. The van der Waals surface area contributed by atoms with Gasteiger partial charge in [-0.3, -0.25) is 4.79 Å². The van der Waals surface area contributed by atoms with Crippen molar-refractivity contribution in [1.82, 2.24) is 14.5 Å². The van der Waals surface area contributed by atoms with Crippen molar-refractivity contribution in [3.8, 4) is 11.3 Å². The summed E-state index contributed by atoms with van der Waals surface area (Å²) in [6.07, 6.45) is 1.50. The maximum Gasteiger partial charge on any atom is 0.264 e. The zero-order valence-corrected chi connectivity index (χ0v) is 14.9. The second kappa shape index (κ2) is 7.05. The number of aliphatic hydroxyl groups excluding tert-OH is 1. The van der Waals surface area contributed by atoms with Gasteiger partial charge in [0, 0.05) is 18.7 Å². The van der Waals surface area contributed by atoms with Crippen LogP contribution >= 0.6 is 0 Å². The van der Waals surface area contributed by atoms with E-state index in [1.54, 1.807) is 25.2 Å². The fourth-order valence-electron chi connectivity index (χ4n) is 2.68. The Morgan fingerprint density at radius 1 is 1.31 bits per heavy atom. The molecule has 3 N–H and O–H groups in total. The van der Waals surface area contributed by atoms with Crippen molar-refractivity contribution in [2.45, 2.75) is 19.9 Å². The summed E-state index contributed by atoms with van der Waals surface area (Å²) >= 11 is 0. The summed E-state index contributed by atoms with van der Waals surface area (Å²) in [7, 11) is 1.66. The second-order valence-corrected chi connectivity index (χ2v) is 6.42. The molecule has 2 aromatic heterocycles. The minimum absolute atomic E-state index is 0.110. The molecule has 0 atom stereocenters. The highest BCUT2D eigenvalue weighted by molar-refractivity contribution is 5.99. The molecule has 7 nitrogen and oxygen atoms in total. The molecule has 2 heterocycles. The molecule has 0 unspecified atom stereocenters. The summed E-state index contributed by atoms with van der Waals surface area (Å²) in [5.74, 6) is 0.508. The number of aromatic nitrogens is 3. The van der Waals surface area contributed by atoms with E-state index in [-0.39, 0.29) is 23.9 Å². The van der Waals surface area contributed by atoms with Gasteiger partial charge in [-0.1, -0.05) is 24.3 Å². The van der Waals surface area contributed by atoms with Gasteiger partial charge in [-0.05, 0) is 25.5 Å². The Bertz CT molecular complexity index is 1020. The number of rotatable bonds is 5. The van der Waals surface area contributed by atoms with Crippen LogP contribution < -0.4 is 10.9 Å². The predicted molar refractivity (Wildman–Crippen MR) is 103 cm³/mol. The molecule has 26 heavy (non-hydrogen) atoms. The molecule has 0 radical (unpaired) electrons. The SMILES string of the molecule is CC(C)Nc1nc(-c2ccc(C(=N)CO)cc2)cc2ncn(C)c(=O)c12. The van der Waals surface area contributed by atoms with Crippen molar-refractivity contribution in [2.75, 3.05) is 11.9 Å². The lowest BCUT2D eigenvalue weighted by atomic mass is 10.0. The van der Waals surface area contributed by atoms with Gasteiger partial charge in [0.1, 0.15) is 11.2 Å². The van der Waals surface area contributed by atoms with Crippen molar-refractivity contribution in [3.05, 3.63) is 52.6 Å². The van der Waals surface area contributed by atoms with Gasteiger partial charge in [0.25, 0.3) is 5.56 Å². The van der Waals surface area contributed by atoms with Gasteiger partial charge in [0.2, 0.25) is 0 Å². The summed E-state index contributed by atoms with van der Waals surface area (Å²) < 4.78 is 1.44. The third-order valence-corrected chi connectivity index (χ3v) is 4.02.